The van der Waals surface area contributed by atoms with Gasteiger partial charge in [0, 0.05) is 37.6 Å². The van der Waals surface area contributed by atoms with Crippen LogP contribution in [0.15, 0.2) is 6.20 Å². The summed E-state index contributed by atoms with van der Waals surface area (Å²) in [5, 5.41) is 0. The van der Waals surface area contributed by atoms with Crippen LogP contribution in [0.4, 0.5) is 5.69 Å². The minimum Gasteiger partial charge on any atom is -0.363 e. The summed E-state index contributed by atoms with van der Waals surface area (Å²) in [7, 11) is 0. The monoisotopic (exact) mass is 289 g/mol. The molecule has 21 heavy (non-hydrogen) atoms. The van der Waals surface area contributed by atoms with Gasteiger partial charge < -0.3 is 10.6 Å². The minimum atomic E-state index is 0.341. The Bertz CT molecular complexity index is 501. The van der Waals surface area contributed by atoms with Crippen LogP contribution in [0, 0.1) is 0 Å². The van der Waals surface area contributed by atoms with E-state index in [1.165, 1.54) is 19.4 Å². The van der Waals surface area contributed by atoms with Crippen LogP contribution >= 0.6 is 0 Å². The lowest BCUT2D eigenvalue weighted by atomic mass is 10.1. The molecule has 1 aromatic rings. The number of hydrogen-bond acceptors (Lipinski definition) is 5. The Balaban J connectivity index is 1.88. The molecule has 0 bridgehead atoms. The van der Waals surface area contributed by atoms with E-state index in [-0.39, 0.29) is 0 Å². The zero-order valence-corrected chi connectivity index (χ0v) is 13.4. The van der Waals surface area contributed by atoms with Gasteiger partial charge >= 0.3 is 0 Å². The number of nitrogens with two attached hydrogens (primary N) is 1. The summed E-state index contributed by atoms with van der Waals surface area (Å²) in [6.45, 7) is 10.5. The summed E-state index contributed by atoms with van der Waals surface area (Å²) in [4.78, 5) is 14.4. The van der Waals surface area contributed by atoms with E-state index in [1.807, 2.05) is 6.20 Å². The van der Waals surface area contributed by atoms with Gasteiger partial charge in [-0.3, -0.25) is 4.90 Å². The van der Waals surface area contributed by atoms with Gasteiger partial charge in [-0.15, -0.1) is 0 Å². The van der Waals surface area contributed by atoms with Crippen molar-refractivity contribution in [2.24, 2.45) is 5.73 Å². The van der Waals surface area contributed by atoms with Gasteiger partial charge in [-0.2, -0.15) is 0 Å². The van der Waals surface area contributed by atoms with Crippen LogP contribution in [0.1, 0.15) is 51.0 Å². The number of aromatic nitrogens is 2. The second-order valence-corrected chi connectivity index (χ2v) is 6.71. The quantitative estimate of drug-likeness (QED) is 0.918. The number of hydrogen-bond donors (Lipinski definition) is 1. The Morgan fingerprint density at radius 3 is 2.90 bits per heavy atom. The molecule has 2 N–H and O–H groups in total. The normalized spacial score (nSPS) is 26.4. The van der Waals surface area contributed by atoms with E-state index in [9.17, 15) is 0 Å². The molecule has 3 rings (SSSR count). The van der Waals surface area contributed by atoms with E-state index in [1.54, 1.807) is 0 Å². The Labute approximate surface area is 127 Å². The van der Waals surface area contributed by atoms with Crippen molar-refractivity contribution >= 4 is 5.69 Å². The molecule has 0 spiro atoms. The fraction of sp³-hybridized carbons (Fsp3) is 0.750. The molecule has 2 saturated heterocycles. The van der Waals surface area contributed by atoms with Gasteiger partial charge in [0.2, 0.25) is 0 Å². The molecule has 0 aliphatic carbocycles. The smallest absolute Gasteiger partial charge is 0.131 e. The number of fused-ring (bicyclic) bond motifs is 1. The molecule has 116 valence electrons. The van der Waals surface area contributed by atoms with Crippen molar-refractivity contribution in [3.05, 3.63) is 17.7 Å². The van der Waals surface area contributed by atoms with Gasteiger partial charge in [0.05, 0.1) is 17.6 Å². The van der Waals surface area contributed by atoms with E-state index >= 15 is 0 Å². The van der Waals surface area contributed by atoms with Crippen LogP contribution in [-0.2, 0) is 6.54 Å². The SMILES string of the molecule is CC(C)c1ncc(N2CC3CCCN3CC2C)c(CN)n1. The number of rotatable bonds is 3. The Morgan fingerprint density at radius 2 is 2.19 bits per heavy atom. The molecule has 5 nitrogen and oxygen atoms in total. The van der Waals surface area contributed by atoms with E-state index in [0.717, 1.165) is 30.3 Å². The lowest BCUT2D eigenvalue weighted by molar-refractivity contribution is 0.202. The van der Waals surface area contributed by atoms with Crippen molar-refractivity contribution in [2.75, 3.05) is 24.5 Å². The summed E-state index contributed by atoms with van der Waals surface area (Å²) in [6, 6.07) is 1.19. The lowest BCUT2D eigenvalue weighted by Gasteiger charge is -2.44. The number of nitrogens with zero attached hydrogens (tertiary/aromatic N) is 4. The zero-order valence-electron chi connectivity index (χ0n) is 13.4. The summed E-state index contributed by atoms with van der Waals surface area (Å²) in [6.07, 6.45) is 4.63. The van der Waals surface area contributed by atoms with Gasteiger partial charge in [0.1, 0.15) is 5.82 Å². The predicted molar refractivity (Wildman–Crippen MR) is 85.4 cm³/mol. The fourth-order valence-corrected chi connectivity index (χ4v) is 3.62. The molecule has 5 heteroatoms. The van der Waals surface area contributed by atoms with Gasteiger partial charge in [0.25, 0.3) is 0 Å². The van der Waals surface area contributed by atoms with Crippen molar-refractivity contribution < 1.29 is 0 Å². The predicted octanol–water partition coefficient (Wildman–Crippen LogP) is 1.73. The highest BCUT2D eigenvalue weighted by Gasteiger charge is 2.35. The Hall–Kier alpha value is -1.20. The lowest BCUT2D eigenvalue weighted by Crippen LogP contribution is -2.55. The Kier molecular flexibility index (Phi) is 4.13. The van der Waals surface area contributed by atoms with E-state index in [4.69, 9.17) is 10.7 Å². The third-order valence-electron chi connectivity index (χ3n) is 4.82. The van der Waals surface area contributed by atoms with Crippen LogP contribution < -0.4 is 10.6 Å². The van der Waals surface area contributed by atoms with Crippen LogP contribution in [0.3, 0.4) is 0 Å². The molecule has 2 unspecified atom stereocenters. The number of anilines is 1. The molecule has 2 aliphatic heterocycles. The third kappa shape index (κ3) is 2.77. The fourth-order valence-electron chi connectivity index (χ4n) is 3.62. The van der Waals surface area contributed by atoms with E-state index in [0.29, 0.717) is 24.5 Å². The maximum atomic E-state index is 5.95. The van der Waals surface area contributed by atoms with Crippen molar-refractivity contribution in [1.82, 2.24) is 14.9 Å². The minimum absolute atomic E-state index is 0.341. The largest absolute Gasteiger partial charge is 0.363 e. The van der Waals surface area contributed by atoms with Gasteiger partial charge in [0.15, 0.2) is 0 Å². The third-order valence-corrected chi connectivity index (χ3v) is 4.82. The molecule has 2 atom stereocenters. The molecule has 2 aliphatic rings. The van der Waals surface area contributed by atoms with Crippen LogP contribution in [0.25, 0.3) is 0 Å². The summed E-state index contributed by atoms with van der Waals surface area (Å²) in [5.41, 5.74) is 8.08. The maximum absolute atomic E-state index is 5.95. The average molecular weight is 289 g/mol. The summed E-state index contributed by atoms with van der Waals surface area (Å²) >= 11 is 0. The molecule has 1 aromatic heterocycles. The first-order valence-corrected chi connectivity index (χ1v) is 8.16. The molecule has 0 radical (unpaired) electrons. The first kappa shape index (κ1) is 14.7. The molecule has 0 aromatic carbocycles. The van der Waals surface area contributed by atoms with Crippen molar-refractivity contribution in [2.45, 2.75) is 58.2 Å². The zero-order chi connectivity index (χ0) is 15.0. The maximum Gasteiger partial charge on any atom is 0.131 e. The standard InChI is InChI=1S/C16H27N5/c1-11(2)16-18-8-15(14(7-17)19-16)21-10-13-5-4-6-20(13)9-12(21)3/h8,11-13H,4-7,9-10,17H2,1-3H3. The van der Waals surface area contributed by atoms with Crippen LogP contribution in [0.2, 0.25) is 0 Å². The topological polar surface area (TPSA) is 58.3 Å². The highest BCUT2D eigenvalue weighted by Crippen LogP contribution is 2.30. The van der Waals surface area contributed by atoms with Crippen molar-refractivity contribution in [1.29, 1.82) is 0 Å². The van der Waals surface area contributed by atoms with Gasteiger partial charge in [-0.05, 0) is 26.3 Å². The van der Waals surface area contributed by atoms with Crippen molar-refractivity contribution in [3.63, 3.8) is 0 Å². The summed E-state index contributed by atoms with van der Waals surface area (Å²) < 4.78 is 0. The second-order valence-electron chi connectivity index (χ2n) is 6.71. The van der Waals surface area contributed by atoms with Crippen molar-refractivity contribution in [3.8, 4) is 0 Å². The van der Waals surface area contributed by atoms with Crippen LogP contribution in [-0.4, -0.2) is 46.6 Å². The average Bonchev–Trinajstić information content (AvgIpc) is 2.92. The second kappa shape index (κ2) is 5.89. The molecule has 3 heterocycles. The van der Waals surface area contributed by atoms with Gasteiger partial charge in [-0.1, -0.05) is 13.8 Å². The molecular weight excluding hydrogens is 262 g/mol. The molecular formula is C16H27N5. The Morgan fingerprint density at radius 1 is 1.38 bits per heavy atom. The highest BCUT2D eigenvalue weighted by atomic mass is 15.3. The van der Waals surface area contributed by atoms with Gasteiger partial charge in [-0.25, -0.2) is 9.97 Å². The first-order valence-electron chi connectivity index (χ1n) is 8.16. The van der Waals surface area contributed by atoms with E-state index < -0.39 is 0 Å². The number of piperazine rings is 1. The highest BCUT2D eigenvalue weighted by molar-refractivity contribution is 5.51. The first-order chi connectivity index (χ1) is 10.1. The molecule has 2 fully saturated rings. The summed E-state index contributed by atoms with van der Waals surface area (Å²) in [5.74, 6) is 1.24. The van der Waals surface area contributed by atoms with Crippen LogP contribution in [0.5, 0.6) is 0 Å². The molecule has 0 amide bonds. The molecule has 0 saturated carbocycles. The van der Waals surface area contributed by atoms with E-state index in [2.05, 4.69) is 35.6 Å².